The van der Waals surface area contributed by atoms with Gasteiger partial charge in [0, 0.05) is 6.54 Å². The van der Waals surface area contributed by atoms with Crippen molar-refractivity contribution in [2.24, 2.45) is 4.99 Å². The Kier molecular flexibility index (Phi) is 10.3. The second-order valence-electron chi connectivity index (χ2n) is 4.17. The molecule has 0 aromatic carbocycles. The molecule has 3 N–H and O–H groups in total. The average Bonchev–Trinajstić information content (AvgIpc) is 3.06. The van der Waals surface area contributed by atoms with Crippen molar-refractivity contribution in [3.8, 4) is 94.7 Å². The molecule has 0 spiro atoms. The molecule has 0 radical (unpaired) electrons. The van der Waals surface area contributed by atoms with Gasteiger partial charge in [-0.3, -0.25) is 4.99 Å². The van der Waals surface area contributed by atoms with Gasteiger partial charge >= 0.3 is 0 Å². The van der Waals surface area contributed by atoms with Gasteiger partial charge < -0.3 is 10.6 Å². The van der Waals surface area contributed by atoms with Gasteiger partial charge in [0.05, 0.1) is 19.6 Å². The molecule has 1 aliphatic rings. The van der Waals surface area contributed by atoms with Crippen LogP contribution in [-0.2, 0) is 0 Å². The van der Waals surface area contributed by atoms with E-state index >= 15 is 0 Å². The first-order valence-electron chi connectivity index (χ1n) is 7.40. The number of nitrogens with zero attached hydrogens (tertiary/aromatic N) is 2. The Morgan fingerprint density at radius 3 is 1.76 bits per heavy atom. The summed E-state index contributed by atoms with van der Waals surface area (Å²) in [4.78, 5) is 6.41. The molecular weight excluding hydrogens is 306 g/mol. The maximum atomic E-state index is 4.31. The third kappa shape index (κ3) is 9.51. The molecule has 3 nitrogen and oxygen atoms in total. The van der Waals surface area contributed by atoms with Crippen LogP contribution in [0.3, 0.4) is 0 Å². The quantitative estimate of drug-likeness (QED) is 0.651. The van der Waals surface area contributed by atoms with Crippen molar-refractivity contribution in [3.05, 3.63) is 0 Å². The first kappa shape index (κ1) is 19.0. The standard InChI is InChI=1S/C22H13N3/c1-2-3-4-5-6-7-8-9-10-11-12-13-14-15-16-17-22-24-19-21-25(22)20-18-23/h18-21,23H2,1H3/p+1. The van der Waals surface area contributed by atoms with Gasteiger partial charge in [-0.2, -0.15) is 0 Å². The van der Waals surface area contributed by atoms with E-state index < -0.39 is 0 Å². The van der Waals surface area contributed by atoms with E-state index in [-0.39, 0.29) is 0 Å². The van der Waals surface area contributed by atoms with Crippen molar-refractivity contribution in [3.63, 3.8) is 0 Å². The summed E-state index contributed by atoms with van der Waals surface area (Å²) < 4.78 is 0. The van der Waals surface area contributed by atoms with Crippen molar-refractivity contribution in [1.29, 1.82) is 0 Å². The fourth-order valence-corrected chi connectivity index (χ4v) is 1.53. The van der Waals surface area contributed by atoms with E-state index in [1.54, 1.807) is 6.92 Å². The highest BCUT2D eigenvalue weighted by Gasteiger charge is 2.13. The summed E-state index contributed by atoms with van der Waals surface area (Å²) in [5, 5.41) is 0. The van der Waals surface area contributed by atoms with Crippen molar-refractivity contribution >= 4 is 5.84 Å². The number of rotatable bonds is 2. The van der Waals surface area contributed by atoms with Crippen LogP contribution in [0.4, 0.5) is 0 Å². The van der Waals surface area contributed by atoms with Gasteiger partial charge in [-0.05, 0) is 95.7 Å². The van der Waals surface area contributed by atoms with Crippen molar-refractivity contribution in [2.75, 3.05) is 26.2 Å². The minimum absolute atomic E-state index is 0.772. The number of aliphatic imine (C=N–C) groups is 1. The highest BCUT2D eigenvalue weighted by Crippen LogP contribution is 1.98. The SMILES string of the molecule is CC#CC#CC#CC#CC#CC#CC#CC#CC1=NCCN1CC[NH3+]. The molecule has 0 atom stereocenters. The summed E-state index contributed by atoms with van der Waals surface area (Å²) in [5.41, 5.74) is 3.83. The molecule has 0 unspecified atom stereocenters. The Morgan fingerprint density at radius 1 is 0.800 bits per heavy atom. The van der Waals surface area contributed by atoms with E-state index in [0.29, 0.717) is 0 Å². The van der Waals surface area contributed by atoms with Gasteiger partial charge in [0.15, 0.2) is 5.84 Å². The molecule has 1 heterocycles. The highest BCUT2D eigenvalue weighted by molar-refractivity contribution is 6.00. The maximum Gasteiger partial charge on any atom is 0.177 e. The Balaban J connectivity index is 2.46. The van der Waals surface area contributed by atoms with Crippen LogP contribution in [0.2, 0.25) is 0 Å². The fraction of sp³-hybridized carbons (Fsp3) is 0.227. The van der Waals surface area contributed by atoms with E-state index in [1.165, 1.54) is 0 Å². The molecule has 1 rings (SSSR count). The maximum absolute atomic E-state index is 4.31. The lowest BCUT2D eigenvalue weighted by atomic mass is 10.4. The number of hydrogen-bond acceptors (Lipinski definition) is 2. The largest absolute Gasteiger partial charge is 0.356 e. The molecule has 0 saturated heterocycles. The van der Waals surface area contributed by atoms with E-state index in [0.717, 1.165) is 32.0 Å². The smallest absolute Gasteiger partial charge is 0.177 e. The fourth-order valence-electron chi connectivity index (χ4n) is 1.53. The first-order chi connectivity index (χ1) is 12.4. The number of quaternary nitrogens is 1. The van der Waals surface area contributed by atoms with Gasteiger partial charge in [0.25, 0.3) is 0 Å². The molecule has 1 aliphatic heterocycles. The Morgan fingerprint density at radius 2 is 1.28 bits per heavy atom. The van der Waals surface area contributed by atoms with Gasteiger partial charge in [0.2, 0.25) is 0 Å². The molecule has 0 amide bonds. The lowest BCUT2D eigenvalue weighted by Gasteiger charge is -2.13. The normalized spacial score (nSPS) is 9.20. The molecule has 0 aliphatic carbocycles. The second-order valence-corrected chi connectivity index (χ2v) is 4.17. The molecule has 116 valence electrons. The lowest BCUT2D eigenvalue weighted by molar-refractivity contribution is -0.367. The summed E-state index contributed by atoms with van der Waals surface area (Å²) in [6.07, 6.45) is 0. The zero-order chi connectivity index (χ0) is 18.0. The van der Waals surface area contributed by atoms with E-state index in [4.69, 9.17) is 0 Å². The van der Waals surface area contributed by atoms with Gasteiger partial charge in [0.1, 0.15) is 0 Å². The van der Waals surface area contributed by atoms with Gasteiger partial charge in [-0.1, -0.05) is 5.92 Å². The predicted octanol–water partition coefficient (Wildman–Crippen LogP) is -1.01. The van der Waals surface area contributed by atoms with Crippen LogP contribution in [0.15, 0.2) is 4.99 Å². The Hall–Kier alpha value is -4.09. The number of hydrogen-bond donors (Lipinski definition) is 1. The Bertz CT molecular complexity index is 1010. The summed E-state index contributed by atoms with van der Waals surface area (Å²) >= 11 is 0. The first-order valence-corrected chi connectivity index (χ1v) is 7.40. The predicted molar refractivity (Wildman–Crippen MR) is 99.5 cm³/mol. The minimum Gasteiger partial charge on any atom is -0.356 e. The Labute approximate surface area is 149 Å². The van der Waals surface area contributed by atoms with Crippen LogP contribution in [-0.4, -0.2) is 36.9 Å². The topological polar surface area (TPSA) is 43.2 Å². The summed E-state index contributed by atoms with van der Waals surface area (Å²) in [6, 6.07) is 0. The molecule has 0 bridgehead atoms. The van der Waals surface area contributed by atoms with Gasteiger partial charge in [-0.25, -0.2) is 0 Å². The zero-order valence-corrected chi connectivity index (χ0v) is 13.9. The van der Waals surface area contributed by atoms with Crippen molar-refractivity contribution in [1.82, 2.24) is 4.90 Å². The monoisotopic (exact) mass is 320 g/mol. The molecule has 0 saturated carbocycles. The van der Waals surface area contributed by atoms with Crippen LogP contribution in [0.25, 0.3) is 0 Å². The van der Waals surface area contributed by atoms with Crippen LogP contribution >= 0.6 is 0 Å². The third-order valence-corrected chi connectivity index (χ3v) is 2.47. The summed E-state index contributed by atoms with van der Waals surface area (Å²) in [5.74, 6) is 42.4. The van der Waals surface area contributed by atoms with E-state index in [9.17, 15) is 0 Å². The molecule has 0 aromatic heterocycles. The van der Waals surface area contributed by atoms with E-state index in [1.807, 2.05) is 0 Å². The summed E-state index contributed by atoms with van der Waals surface area (Å²) in [7, 11) is 0. The molecule has 25 heavy (non-hydrogen) atoms. The van der Waals surface area contributed by atoms with Crippen LogP contribution in [0, 0.1) is 94.7 Å². The second kappa shape index (κ2) is 13.6. The van der Waals surface area contributed by atoms with Crippen LogP contribution in [0.1, 0.15) is 6.92 Å². The average molecular weight is 320 g/mol. The third-order valence-electron chi connectivity index (χ3n) is 2.47. The van der Waals surface area contributed by atoms with Crippen LogP contribution in [0.5, 0.6) is 0 Å². The lowest BCUT2D eigenvalue weighted by Crippen LogP contribution is -2.55. The summed E-state index contributed by atoms with van der Waals surface area (Å²) in [6.45, 7) is 5.07. The molecule has 0 fully saturated rings. The molecular formula is C22H14N3+. The molecule has 0 aromatic rings. The highest BCUT2D eigenvalue weighted by atomic mass is 15.2. The van der Waals surface area contributed by atoms with Gasteiger partial charge in [-0.15, -0.1) is 0 Å². The molecule has 3 heteroatoms. The van der Waals surface area contributed by atoms with Crippen LogP contribution < -0.4 is 5.73 Å². The van der Waals surface area contributed by atoms with Crippen molar-refractivity contribution in [2.45, 2.75) is 6.92 Å². The minimum atomic E-state index is 0.772. The van der Waals surface area contributed by atoms with Crippen molar-refractivity contribution < 1.29 is 5.73 Å². The van der Waals surface area contributed by atoms with E-state index in [2.05, 4.69) is 110 Å². The number of amidine groups is 1. The zero-order valence-electron chi connectivity index (χ0n) is 13.9.